The highest BCUT2D eigenvalue weighted by Gasteiger charge is 2.20. The summed E-state index contributed by atoms with van der Waals surface area (Å²) in [7, 11) is 1.24. The Kier molecular flexibility index (Phi) is 4.29. The van der Waals surface area contributed by atoms with E-state index in [-0.39, 0.29) is 0 Å². The van der Waals surface area contributed by atoms with Crippen LogP contribution in [0, 0.1) is 0 Å². The second-order valence-corrected chi connectivity index (χ2v) is 5.18. The number of hydrogen-bond acceptors (Lipinski definition) is 6. The molecule has 6 heteroatoms. The van der Waals surface area contributed by atoms with Crippen LogP contribution < -0.4 is 0 Å². The summed E-state index contributed by atoms with van der Waals surface area (Å²) in [6.07, 6.45) is -0.978. The largest absolute Gasteiger partial charge is 0.466 e. The first-order valence-corrected chi connectivity index (χ1v) is 7.34. The van der Waals surface area contributed by atoms with Gasteiger partial charge in [-0.25, -0.2) is 9.59 Å². The highest BCUT2D eigenvalue weighted by Crippen LogP contribution is 2.29. The minimum absolute atomic E-state index is 0.304. The fraction of sp³-hybridized carbons (Fsp3) is 0.167. The molecule has 2 aromatic carbocycles. The van der Waals surface area contributed by atoms with Crippen LogP contribution in [0.15, 0.2) is 53.1 Å². The summed E-state index contributed by atoms with van der Waals surface area (Å²) in [6.45, 7) is 1.46. The van der Waals surface area contributed by atoms with Gasteiger partial charge in [0.25, 0.3) is 0 Å². The summed E-state index contributed by atoms with van der Waals surface area (Å²) in [5.41, 5.74) is 1.79. The Bertz CT molecular complexity index is 885. The first-order chi connectivity index (χ1) is 11.6. The number of nitrogens with zero attached hydrogens (tertiary/aromatic N) is 1. The molecule has 0 amide bonds. The summed E-state index contributed by atoms with van der Waals surface area (Å²) in [6, 6.07) is 14.4. The molecule has 6 nitrogen and oxygen atoms in total. The second-order valence-electron chi connectivity index (χ2n) is 5.18. The Morgan fingerprint density at radius 3 is 2.58 bits per heavy atom. The molecule has 3 aromatic rings. The molecule has 0 unspecified atom stereocenters. The van der Waals surface area contributed by atoms with Crippen LogP contribution in [0.2, 0.25) is 0 Å². The van der Waals surface area contributed by atoms with Crippen LogP contribution in [-0.2, 0) is 14.3 Å². The zero-order chi connectivity index (χ0) is 17.1. The third-order valence-electron chi connectivity index (χ3n) is 3.57. The monoisotopic (exact) mass is 325 g/mol. The first kappa shape index (κ1) is 15.7. The van der Waals surface area contributed by atoms with Crippen LogP contribution in [-0.4, -0.2) is 30.3 Å². The van der Waals surface area contributed by atoms with E-state index in [1.54, 1.807) is 18.2 Å². The molecule has 0 N–H and O–H groups in total. The van der Waals surface area contributed by atoms with E-state index in [9.17, 15) is 9.59 Å². The lowest BCUT2D eigenvalue weighted by Gasteiger charge is -2.10. The van der Waals surface area contributed by atoms with Gasteiger partial charge in [-0.2, -0.15) is 0 Å². The lowest BCUT2D eigenvalue weighted by molar-refractivity contribution is -0.149. The normalized spacial score (nSPS) is 11.9. The maximum atomic E-state index is 12.2. The van der Waals surface area contributed by atoms with Crippen molar-refractivity contribution < 1.29 is 23.6 Å². The van der Waals surface area contributed by atoms with Gasteiger partial charge in [0.2, 0.25) is 0 Å². The average Bonchev–Trinajstić information content (AvgIpc) is 3.04. The topological polar surface area (TPSA) is 78.6 Å². The number of methoxy groups -OCH3 is 1. The minimum atomic E-state index is -0.978. The van der Waals surface area contributed by atoms with Gasteiger partial charge >= 0.3 is 11.9 Å². The van der Waals surface area contributed by atoms with Crippen molar-refractivity contribution in [2.24, 2.45) is 0 Å². The van der Waals surface area contributed by atoms with Gasteiger partial charge < -0.3 is 14.0 Å². The van der Waals surface area contributed by atoms with Crippen molar-refractivity contribution >= 4 is 22.8 Å². The van der Waals surface area contributed by atoms with Gasteiger partial charge in [-0.1, -0.05) is 35.5 Å². The van der Waals surface area contributed by atoms with Crippen molar-refractivity contribution in [1.82, 2.24) is 5.16 Å². The highest BCUT2D eigenvalue weighted by atomic mass is 16.6. The van der Waals surface area contributed by atoms with Crippen molar-refractivity contribution in [3.8, 4) is 11.3 Å². The van der Waals surface area contributed by atoms with Gasteiger partial charge in [-0.05, 0) is 25.1 Å². The fourth-order valence-corrected chi connectivity index (χ4v) is 2.31. The van der Waals surface area contributed by atoms with Crippen LogP contribution in [0.25, 0.3) is 22.2 Å². The van der Waals surface area contributed by atoms with Crippen LogP contribution >= 0.6 is 0 Å². The summed E-state index contributed by atoms with van der Waals surface area (Å²) in [5, 5.41) is 4.69. The highest BCUT2D eigenvalue weighted by molar-refractivity contribution is 5.99. The molecule has 1 heterocycles. The van der Waals surface area contributed by atoms with Gasteiger partial charge in [0.05, 0.1) is 18.1 Å². The zero-order valence-corrected chi connectivity index (χ0v) is 13.2. The lowest BCUT2D eigenvalue weighted by Crippen LogP contribution is -2.25. The Morgan fingerprint density at radius 2 is 1.88 bits per heavy atom. The molecule has 0 saturated heterocycles. The van der Waals surface area contributed by atoms with E-state index in [1.807, 2.05) is 30.3 Å². The minimum Gasteiger partial charge on any atom is -0.466 e. The molecule has 1 atom stereocenters. The standard InChI is InChI=1S/C18H15NO5/c1-11(17(20)22-2)23-18(21)13-8-9-15-14(10-13)16(24-19-15)12-6-4-3-5-7-12/h3-11H,1-2H3/t11-/m1/s1. The molecular formula is C18H15NO5. The molecule has 0 bridgehead atoms. The van der Waals surface area contributed by atoms with Gasteiger partial charge in [0, 0.05) is 5.56 Å². The number of hydrogen-bond donors (Lipinski definition) is 0. The lowest BCUT2D eigenvalue weighted by atomic mass is 10.1. The molecule has 0 aliphatic carbocycles. The Hall–Kier alpha value is -3.15. The molecule has 0 fully saturated rings. The molecule has 0 radical (unpaired) electrons. The Balaban J connectivity index is 1.93. The molecule has 1 aromatic heterocycles. The summed E-state index contributed by atoms with van der Waals surface area (Å²) in [5.74, 6) is -0.657. The maximum absolute atomic E-state index is 12.2. The molecular weight excluding hydrogens is 310 g/mol. The SMILES string of the molecule is COC(=O)[C@@H](C)OC(=O)c1ccc2noc(-c3ccccc3)c2c1. The van der Waals surface area contributed by atoms with E-state index in [0.29, 0.717) is 22.2 Å². The van der Waals surface area contributed by atoms with E-state index in [2.05, 4.69) is 9.89 Å². The van der Waals surface area contributed by atoms with Crippen molar-refractivity contribution in [2.45, 2.75) is 13.0 Å². The third-order valence-corrected chi connectivity index (χ3v) is 3.57. The van der Waals surface area contributed by atoms with Crippen molar-refractivity contribution in [1.29, 1.82) is 0 Å². The number of aromatic nitrogens is 1. The van der Waals surface area contributed by atoms with Crippen LogP contribution in [0.3, 0.4) is 0 Å². The number of ether oxygens (including phenoxy) is 2. The van der Waals surface area contributed by atoms with Gasteiger partial charge in [-0.15, -0.1) is 0 Å². The van der Waals surface area contributed by atoms with Crippen LogP contribution in [0.1, 0.15) is 17.3 Å². The summed E-state index contributed by atoms with van der Waals surface area (Å²) >= 11 is 0. The second kappa shape index (κ2) is 6.54. The molecule has 0 saturated carbocycles. The van der Waals surface area contributed by atoms with Gasteiger partial charge in [-0.3, -0.25) is 0 Å². The van der Waals surface area contributed by atoms with Crippen LogP contribution in [0.5, 0.6) is 0 Å². The number of fused-ring (bicyclic) bond motifs is 1. The third kappa shape index (κ3) is 2.99. The van der Waals surface area contributed by atoms with Crippen molar-refractivity contribution in [2.75, 3.05) is 7.11 Å². The van der Waals surface area contributed by atoms with E-state index in [4.69, 9.17) is 9.26 Å². The number of carbonyl (C=O) groups is 2. The quantitative estimate of drug-likeness (QED) is 0.685. The molecule has 3 rings (SSSR count). The molecule has 0 aliphatic rings. The average molecular weight is 325 g/mol. The van der Waals surface area contributed by atoms with E-state index >= 15 is 0 Å². The molecule has 0 spiro atoms. The van der Waals surface area contributed by atoms with Gasteiger partial charge in [0.1, 0.15) is 5.52 Å². The van der Waals surface area contributed by atoms with E-state index in [1.165, 1.54) is 14.0 Å². The van der Waals surface area contributed by atoms with Gasteiger partial charge in [0.15, 0.2) is 11.9 Å². The first-order valence-electron chi connectivity index (χ1n) is 7.34. The van der Waals surface area contributed by atoms with Crippen molar-refractivity contribution in [3.63, 3.8) is 0 Å². The van der Waals surface area contributed by atoms with Crippen LogP contribution in [0.4, 0.5) is 0 Å². The summed E-state index contributed by atoms with van der Waals surface area (Å²) < 4.78 is 15.0. The predicted molar refractivity (Wildman–Crippen MR) is 86.3 cm³/mol. The predicted octanol–water partition coefficient (Wildman–Crippen LogP) is 3.21. The number of benzene rings is 2. The van der Waals surface area contributed by atoms with E-state index in [0.717, 1.165) is 5.56 Å². The molecule has 122 valence electrons. The smallest absolute Gasteiger partial charge is 0.346 e. The Morgan fingerprint density at radius 1 is 1.12 bits per heavy atom. The summed E-state index contributed by atoms with van der Waals surface area (Å²) in [4.78, 5) is 23.6. The fourth-order valence-electron chi connectivity index (χ4n) is 2.31. The molecule has 0 aliphatic heterocycles. The number of carbonyl (C=O) groups excluding carboxylic acids is 2. The Labute approximate surface area is 138 Å². The van der Waals surface area contributed by atoms with Crippen molar-refractivity contribution in [3.05, 3.63) is 54.1 Å². The maximum Gasteiger partial charge on any atom is 0.346 e. The number of rotatable bonds is 4. The number of esters is 2. The zero-order valence-electron chi connectivity index (χ0n) is 13.2. The molecule has 24 heavy (non-hydrogen) atoms. The van der Waals surface area contributed by atoms with E-state index < -0.39 is 18.0 Å².